The second-order valence-corrected chi connectivity index (χ2v) is 9.27. The standard InChI is InChI=1S/C24H33NO.ClH/c26-20-10-9-19-16-23-21-8-4-5-12-24(21,22(19)17-20)13-15-25(23)14-11-18-6-2-1-3-7-18;/h6,9-10,17,21,23,26H,1-5,7-8,11-16H2;1H/t21-,23-,24+;/m0./s1. The van der Waals surface area contributed by atoms with Crippen LogP contribution >= 0.6 is 12.4 Å². The highest BCUT2D eigenvalue weighted by atomic mass is 35.5. The van der Waals surface area contributed by atoms with Crippen LogP contribution in [0, 0.1) is 5.92 Å². The summed E-state index contributed by atoms with van der Waals surface area (Å²) in [6.45, 7) is 2.51. The first-order chi connectivity index (χ1) is 12.8. The zero-order chi connectivity index (χ0) is 17.6. The van der Waals surface area contributed by atoms with Crippen molar-refractivity contribution >= 4 is 12.4 Å². The van der Waals surface area contributed by atoms with Gasteiger partial charge in [-0.25, -0.2) is 0 Å². The maximum atomic E-state index is 10.1. The lowest BCUT2D eigenvalue weighted by molar-refractivity contribution is -0.0108. The molecular formula is C24H34ClNO. The van der Waals surface area contributed by atoms with E-state index in [4.69, 9.17) is 0 Å². The molecule has 1 heterocycles. The number of halogens is 1. The predicted octanol–water partition coefficient (Wildman–Crippen LogP) is 5.76. The van der Waals surface area contributed by atoms with E-state index < -0.39 is 0 Å². The highest BCUT2D eigenvalue weighted by Crippen LogP contribution is 2.56. The number of likely N-dealkylation sites (tertiary alicyclic amines) is 1. The smallest absolute Gasteiger partial charge is 0.115 e. The molecule has 3 aliphatic carbocycles. The van der Waals surface area contributed by atoms with Crippen molar-refractivity contribution in [3.05, 3.63) is 41.0 Å². The van der Waals surface area contributed by atoms with Gasteiger partial charge in [0.1, 0.15) is 5.75 Å². The van der Waals surface area contributed by atoms with Crippen LogP contribution in [-0.4, -0.2) is 29.1 Å². The van der Waals surface area contributed by atoms with Gasteiger partial charge >= 0.3 is 0 Å². The molecule has 1 aliphatic heterocycles. The fraction of sp³-hybridized carbons (Fsp3) is 0.667. The van der Waals surface area contributed by atoms with Crippen LogP contribution in [0.25, 0.3) is 0 Å². The van der Waals surface area contributed by atoms with Crippen molar-refractivity contribution in [2.45, 2.75) is 82.1 Å². The Labute approximate surface area is 170 Å². The van der Waals surface area contributed by atoms with Crippen LogP contribution < -0.4 is 0 Å². The number of benzene rings is 1. The zero-order valence-corrected chi connectivity index (χ0v) is 17.3. The molecule has 0 spiro atoms. The Hall–Kier alpha value is -0.990. The van der Waals surface area contributed by atoms with Gasteiger partial charge in [-0.3, -0.25) is 4.90 Å². The molecule has 1 saturated carbocycles. The molecule has 2 fully saturated rings. The molecule has 3 heteroatoms. The predicted molar refractivity (Wildman–Crippen MR) is 114 cm³/mol. The van der Waals surface area contributed by atoms with Gasteiger partial charge in [-0.05, 0) is 93.5 Å². The lowest BCUT2D eigenvalue weighted by Gasteiger charge is -2.59. The molecule has 1 saturated heterocycles. The Morgan fingerprint density at radius 2 is 2.04 bits per heavy atom. The van der Waals surface area contributed by atoms with E-state index in [2.05, 4.69) is 23.1 Å². The van der Waals surface area contributed by atoms with Crippen LogP contribution in [0.4, 0.5) is 0 Å². The third-order valence-corrected chi connectivity index (χ3v) is 8.04. The van der Waals surface area contributed by atoms with Gasteiger partial charge in [0.05, 0.1) is 0 Å². The van der Waals surface area contributed by atoms with Gasteiger partial charge in [-0.15, -0.1) is 12.4 Å². The SMILES string of the molecule is Cl.Oc1ccc2c(c1)[C@@]13CCCC[C@H]1[C@H](C2)N(CCC1=CCCCC1)CC3. The lowest BCUT2D eigenvalue weighted by atomic mass is 9.52. The van der Waals surface area contributed by atoms with Crippen LogP contribution in [0.3, 0.4) is 0 Å². The van der Waals surface area contributed by atoms with Crippen LogP contribution in [0.1, 0.15) is 75.3 Å². The fourth-order valence-corrected chi connectivity index (χ4v) is 6.77. The number of phenols is 1. The van der Waals surface area contributed by atoms with E-state index in [0.29, 0.717) is 11.2 Å². The molecule has 27 heavy (non-hydrogen) atoms. The number of hydrogen-bond donors (Lipinski definition) is 1. The third-order valence-electron chi connectivity index (χ3n) is 8.04. The second-order valence-electron chi connectivity index (χ2n) is 9.27. The number of hydrogen-bond acceptors (Lipinski definition) is 2. The van der Waals surface area contributed by atoms with E-state index in [1.54, 1.807) is 5.57 Å². The average Bonchev–Trinajstić information content (AvgIpc) is 2.69. The van der Waals surface area contributed by atoms with E-state index in [9.17, 15) is 5.11 Å². The molecule has 0 radical (unpaired) electrons. The van der Waals surface area contributed by atoms with E-state index >= 15 is 0 Å². The van der Waals surface area contributed by atoms with Gasteiger partial charge in [0.15, 0.2) is 0 Å². The van der Waals surface area contributed by atoms with E-state index in [1.807, 2.05) is 6.07 Å². The Kier molecular flexibility index (Phi) is 5.58. The molecule has 0 aromatic heterocycles. The van der Waals surface area contributed by atoms with Crippen LogP contribution in [0.5, 0.6) is 5.75 Å². The monoisotopic (exact) mass is 387 g/mol. The van der Waals surface area contributed by atoms with Crippen molar-refractivity contribution in [3.63, 3.8) is 0 Å². The summed E-state index contributed by atoms with van der Waals surface area (Å²) in [6.07, 6.45) is 17.2. The molecule has 1 aromatic rings. The summed E-state index contributed by atoms with van der Waals surface area (Å²) in [6, 6.07) is 6.97. The van der Waals surface area contributed by atoms with Crippen molar-refractivity contribution in [2.75, 3.05) is 13.1 Å². The first kappa shape index (κ1) is 19.3. The Morgan fingerprint density at radius 1 is 1.11 bits per heavy atom. The molecular weight excluding hydrogens is 354 g/mol. The Bertz CT molecular complexity index is 714. The van der Waals surface area contributed by atoms with E-state index in [-0.39, 0.29) is 12.4 Å². The molecule has 5 rings (SSSR count). The van der Waals surface area contributed by atoms with Crippen LogP contribution in [-0.2, 0) is 11.8 Å². The average molecular weight is 388 g/mol. The number of piperidine rings is 1. The van der Waals surface area contributed by atoms with Gasteiger partial charge in [0, 0.05) is 18.0 Å². The van der Waals surface area contributed by atoms with Gasteiger partial charge in [-0.1, -0.05) is 30.6 Å². The van der Waals surface area contributed by atoms with Crippen molar-refractivity contribution in [3.8, 4) is 5.75 Å². The highest BCUT2D eigenvalue weighted by Gasteiger charge is 2.53. The molecule has 2 nitrogen and oxygen atoms in total. The van der Waals surface area contributed by atoms with Gasteiger partial charge in [0.25, 0.3) is 0 Å². The summed E-state index contributed by atoms with van der Waals surface area (Å²) < 4.78 is 0. The van der Waals surface area contributed by atoms with E-state index in [1.165, 1.54) is 94.8 Å². The number of aromatic hydroxyl groups is 1. The van der Waals surface area contributed by atoms with Crippen molar-refractivity contribution in [1.82, 2.24) is 4.90 Å². The summed E-state index contributed by atoms with van der Waals surface area (Å²) in [5.74, 6) is 1.27. The number of phenolic OH excluding ortho intramolecular Hbond substituents is 1. The van der Waals surface area contributed by atoms with Crippen molar-refractivity contribution in [1.29, 1.82) is 0 Å². The Morgan fingerprint density at radius 3 is 2.89 bits per heavy atom. The number of nitrogens with zero attached hydrogens (tertiary/aromatic N) is 1. The van der Waals surface area contributed by atoms with Crippen molar-refractivity contribution in [2.24, 2.45) is 5.92 Å². The largest absolute Gasteiger partial charge is 0.508 e. The summed E-state index contributed by atoms with van der Waals surface area (Å²) in [5, 5.41) is 10.1. The van der Waals surface area contributed by atoms with Crippen LogP contribution in [0.2, 0.25) is 0 Å². The molecule has 2 bridgehead atoms. The maximum Gasteiger partial charge on any atom is 0.115 e. The Balaban J connectivity index is 0.00000180. The van der Waals surface area contributed by atoms with Gasteiger partial charge in [-0.2, -0.15) is 0 Å². The first-order valence-corrected chi connectivity index (χ1v) is 11.0. The second kappa shape index (κ2) is 7.79. The fourth-order valence-electron chi connectivity index (χ4n) is 6.77. The number of rotatable bonds is 3. The minimum absolute atomic E-state index is 0. The molecule has 1 N–H and O–H groups in total. The summed E-state index contributed by atoms with van der Waals surface area (Å²) in [7, 11) is 0. The lowest BCUT2D eigenvalue weighted by Crippen LogP contribution is -2.61. The minimum atomic E-state index is 0. The van der Waals surface area contributed by atoms with E-state index in [0.717, 1.165) is 12.0 Å². The molecule has 148 valence electrons. The molecule has 1 aromatic carbocycles. The normalized spacial score (nSPS) is 32.7. The highest BCUT2D eigenvalue weighted by molar-refractivity contribution is 5.85. The van der Waals surface area contributed by atoms with Gasteiger partial charge < -0.3 is 5.11 Å². The third kappa shape index (κ3) is 3.34. The molecule has 4 aliphatic rings. The summed E-state index contributed by atoms with van der Waals surface area (Å²) in [4.78, 5) is 2.85. The van der Waals surface area contributed by atoms with Gasteiger partial charge in [0.2, 0.25) is 0 Å². The van der Waals surface area contributed by atoms with Crippen LogP contribution in [0.15, 0.2) is 29.8 Å². The molecule has 0 unspecified atom stereocenters. The quantitative estimate of drug-likeness (QED) is 0.666. The summed E-state index contributed by atoms with van der Waals surface area (Å²) in [5.41, 5.74) is 5.11. The first-order valence-electron chi connectivity index (χ1n) is 11.0. The topological polar surface area (TPSA) is 23.5 Å². The zero-order valence-electron chi connectivity index (χ0n) is 16.5. The number of fused-ring (bicyclic) bond motifs is 1. The molecule has 0 amide bonds. The maximum absolute atomic E-state index is 10.1. The summed E-state index contributed by atoms with van der Waals surface area (Å²) >= 11 is 0. The van der Waals surface area contributed by atoms with Crippen molar-refractivity contribution < 1.29 is 5.11 Å². The minimum Gasteiger partial charge on any atom is -0.508 e. The molecule has 3 atom stereocenters. The number of allylic oxidation sites excluding steroid dienone is 1.